The lowest BCUT2D eigenvalue weighted by Crippen LogP contribution is -2.46. The molecule has 1 aromatic carbocycles. The summed E-state index contributed by atoms with van der Waals surface area (Å²) in [4.78, 5) is 21.4. The van der Waals surface area contributed by atoms with E-state index in [0.717, 1.165) is 25.7 Å². The molecule has 1 amide bonds. The Morgan fingerprint density at radius 1 is 1.04 bits per heavy atom. The first-order valence-electron chi connectivity index (χ1n) is 8.94. The van der Waals surface area contributed by atoms with Crippen molar-refractivity contribution in [1.29, 1.82) is 0 Å². The van der Waals surface area contributed by atoms with Gasteiger partial charge < -0.3 is 5.32 Å². The van der Waals surface area contributed by atoms with Crippen LogP contribution in [0.5, 0.6) is 0 Å². The van der Waals surface area contributed by atoms with Gasteiger partial charge in [-0.2, -0.15) is 0 Å². The van der Waals surface area contributed by atoms with E-state index >= 15 is 0 Å². The van der Waals surface area contributed by atoms with E-state index in [2.05, 4.69) is 27.4 Å². The fourth-order valence-electron chi connectivity index (χ4n) is 3.87. The molecule has 2 aromatic heterocycles. The predicted octanol–water partition coefficient (Wildman–Crippen LogP) is 3.71. The van der Waals surface area contributed by atoms with E-state index in [-0.39, 0.29) is 11.4 Å². The van der Waals surface area contributed by atoms with E-state index in [9.17, 15) is 4.79 Å². The Balaban J connectivity index is 1.70. The molecule has 5 nitrogen and oxygen atoms in total. The Bertz CT molecular complexity index is 864. The highest BCUT2D eigenvalue weighted by Gasteiger charge is 2.35. The van der Waals surface area contributed by atoms with Crippen LogP contribution in [0.4, 0.5) is 0 Å². The van der Waals surface area contributed by atoms with Crippen molar-refractivity contribution in [1.82, 2.24) is 19.7 Å². The van der Waals surface area contributed by atoms with E-state index in [1.807, 2.05) is 18.2 Å². The summed E-state index contributed by atoms with van der Waals surface area (Å²) in [6.45, 7) is 0. The molecular formula is C20H22N4O. The molecule has 0 bridgehead atoms. The number of nitrogens with zero attached hydrogens (tertiary/aromatic N) is 3. The van der Waals surface area contributed by atoms with Gasteiger partial charge in [0.05, 0.1) is 17.9 Å². The number of benzene rings is 1. The molecule has 1 N–H and O–H groups in total. The molecule has 0 spiro atoms. The number of imidazole rings is 1. The van der Waals surface area contributed by atoms with Gasteiger partial charge in [0.2, 0.25) is 0 Å². The molecule has 1 aliphatic rings. The van der Waals surface area contributed by atoms with Crippen LogP contribution in [0, 0.1) is 0 Å². The second kappa shape index (κ2) is 6.67. The summed E-state index contributed by atoms with van der Waals surface area (Å²) >= 11 is 0. The molecule has 0 atom stereocenters. The molecule has 1 fully saturated rings. The highest BCUT2D eigenvalue weighted by Crippen LogP contribution is 2.36. The minimum absolute atomic E-state index is 0.0792. The fourth-order valence-corrected chi connectivity index (χ4v) is 3.87. The van der Waals surface area contributed by atoms with E-state index < -0.39 is 0 Å². The SMILES string of the molecule is O=C(NC1(c2ccccc2)CCCCCC1)c1cnc2cnccn12. The molecule has 128 valence electrons. The average molecular weight is 334 g/mol. The average Bonchev–Trinajstić information content (AvgIpc) is 2.95. The Kier molecular flexibility index (Phi) is 4.22. The maximum atomic E-state index is 13.1. The lowest BCUT2D eigenvalue weighted by atomic mass is 9.82. The number of hydrogen-bond donors (Lipinski definition) is 1. The van der Waals surface area contributed by atoms with E-state index in [0.29, 0.717) is 11.3 Å². The van der Waals surface area contributed by atoms with Crippen LogP contribution in [0.3, 0.4) is 0 Å². The van der Waals surface area contributed by atoms with Crippen LogP contribution in [0.15, 0.2) is 55.1 Å². The Hall–Kier alpha value is -2.69. The molecule has 1 aliphatic carbocycles. The predicted molar refractivity (Wildman–Crippen MR) is 96.3 cm³/mol. The number of fused-ring (bicyclic) bond motifs is 1. The summed E-state index contributed by atoms with van der Waals surface area (Å²) in [6, 6.07) is 10.4. The molecule has 5 heteroatoms. The fraction of sp³-hybridized carbons (Fsp3) is 0.350. The molecule has 1 saturated carbocycles. The van der Waals surface area contributed by atoms with Gasteiger partial charge in [0.1, 0.15) is 5.69 Å². The summed E-state index contributed by atoms with van der Waals surface area (Å²) in [5.74, 6) is -0.0792. The number of amides is 1. The van der Waals surface area contributed by atoms with Crippen molar-refractivity contribution >= 4 is 11.6 Å². The summed E-state index contributed by atoms with van der Waals surface area (Å²) < 4.78 is 1.79. The van der Waals surface area contributed by atoms with Crippen LogP contribution in [-0.2, 0) is 5.54 Å². The van der Waals surface area contributed by atoms with Crippen LogP contribution in [0.25, 0.3) is 5.65 Å². The van der Waals surface area contributed by atoms with Crippen molar-refractivity contribution in [2.45, 2.75) is 44.1 Å². The van der Waals surface area contributed by atoms with Gasteiger partial charge in [-0.05, 0) is 18.4 Å². The van der Waals surface area contributed by atoms with Crippen molar-refractivity contribution in [3.8, 4) is 0 Å². The zero-order chi connectivity index (χ0) is 17.1. The molecule has 0 saturated heterocycles. The number of carbonyl (C=O) groups is 1. The third-order valence-corrected chi connectivity index (χ3v) is 5.19. The minimum Gasteiger partial charge on any atom is -0.341 e. The highest BCUT2D eigenvalue weighted by molar-refractivity contribution is 5.93. The topological polar surface area (TPSA) is 59.3 Å². The number of hydrogen-bond acceptors (Lipinski definition) is 3. The molecule has 2 heterocycles. The highest BCUT2D eigenvalue weighted by atomic mass is 16.2. The summed E-state index contributed by atoms with van der Waals surface area (Å²) in [5.41, 5.74) is 2.13. The molecule has 0 unspecified atom stereocenters. The van der Waals surface area contributed by atoms with Gasteiger partial charge in [0, 0.05) is 12.4 Å². The zero-order valence-corrected chi connectivity index (χ0v) is 14.2. The Morgan fingerprint density at radius 3 is 2.56 bits per heavy atom. The second-order valence-corrected chi connectivity index (χ2v) is 6.76. The second-order valence-electron chi connectivity index (χ2n) is 6.76. The van der Waals surface area contributed by atoms with E-state index in [1.54, 1.807) is 29.2 Å². The van der Waals surface area contributed by atoms with Crippen molar-refractivity contribution in [3.63, 3.8) is 0 Å². The van der Waals surface area contributed by atoms with Crippen molar-refractivity contribution < 1.29 is 4.79 Å². The van der Waals surface area contributed by atoms with Gasteiger partial charge >= 0.3 is 0 Å². The van der Waals surface area contributed by atoms with E-state index in [4.69, 9.17) is 0 Å². The van der Waals surface area contributed by atoms with Gasteiger partial charge in [-0.3, -0.25) is 14.2 Å². The number of rotatable bonds is 3. The monoisotopic (exact) mass is 334 g/mol. The summed E-state index contributed by atoms with van der Waals surface area (Å²) in [5, 5.41) is 3.36. The Morgan fingerprint density at radius 2 is 1.80 bits per heavy atom. The first-order valence-corrected chi connectivity index (χ1v) is 8.94. The maximum absolute atomic E-state index is 13.1. The van der Waals surface area contributed by atoms with Gasteiger partial charge in [0.15, 0.2) is 5.65 Å². The first-order chi connectivity index (χ1) is 12.3. The van der Waals surface area contributed by atoms with Crippen LogP contribution in [-0.4, -0.2) is 20.3 Å². The Labute approximate surface area is 147 Å². The number of carbonyl (C=O) groups excluding carboxylic acids is 1. The molecular weight excluding hydrogens is 312 g/mol. The first kappa shape index (κ1) is 15.8. The maximum Gasteiger partial charge on any atom is 0.270 e. The van der Waals surface area contributed by atoms with Crippen molar-refractivity contribution in [3.05, 3.63) is 66.4 Å². The standard InChI is InChI=1S/C20H22N4O/c25-19(17-14-22-18-15-21-12-13-24(17)18)23-20(10-6-1-2-7-11-20)16-8-4-3-5-9-16/h3-5,8-9,12-15H,1-2,6-7,10-11H2,(H,23,25). The lowest BCUT2D eigenvalue weighted by molar-refractivity contribution is 0.0878. The normalized spacial score (nSPS) is 17.1. The van der Waals surface area contributed by atoms with Gasteiger partial charge in [-0.25, -0.2) is 4.98 Å². The van der Waals surface area contributed by atoms with Crippen molar-refractivity contribution in [2.24, 2.45) is 0 Å². The third-order valence-electron chi connectivity index (χ3n) is 5.19. The minimum atomic E-state index is -0.300. The molecule has 0 aliphatic heterocycles. The van der Waals surface area contributed by atoms with E-state index in [1.165, 1.54) is 18.4 Å². The zero-order valence-electron chi connectivity index (χ0n) is 14.2. The van der Waals surface area contributed by atoms with Gasteiger partial charge in [0.25, 0.3) is 5.91 Å². The quantitative estimate of drug-likeness (QED) is 0.743. The molecule has 3 aromatic rings. The van der Waals surface area contributed by atoms with Gasteiger partial charge in [-0.1, -0.05) is 56.0 Å². The van der Waals surface area contributed by atoms with Gasteiger partial charge in [-0.15, -0.1) is 0 Å². The molecule has 0 radical (unpaired) electrons. The lowest BCUT2D eigenvalue weighted by Gasteiger charge is -2.34. The number of nitrogens with one attached hydrogen (secondary N) is 1. The number of aromatic nitrogens is 3. The molecule has 4 rings (SSSR count). The summed E-state index contributed by atoms with van der Waals surface area (Å²) in [7, 11) is 0. The molecule has 25 heavy (non-hydrogen) atoms. The van der Waals surface area contributed by atoms with Crippen LogP contribution in [0.2, 0.25) is 0 Å². The van der Waals surface area contributed by atoms with Crippen LogP contribution in [0.1, 0.15) is 54.6 Å². The summed E-state index contributed by atoms with van der Waals surface area (Å²) in [6.07, 6.45) is 13.4. The van der Waals surface area contributed by atoms with Crippen LogP contribution >= 0.6 is 0 Å². The van der Waals surface area contributed by atoms with Crippen LogP contribution < -0.4 is 5.32 Å². The van der Waals surface area contributed by atoms with Crippen molar-refractivity contribution in [2.75, 3.05) is 0 Å². The third kappa shape index (κ3) is 3.02. The largest absolute Gasteiger partial charge is 0.341 e. The smallest absolute Gasteiger partial charge is 0.270 e.